The summed E-state index contributed by atoms with van der Waals surface area (Å²) < 4.78 is 0. The van der Waals surface area contributed by atoms with E-state index >= 15 is 0 Å². The summed E-state index contributed by atoms with van der Waals surface area (Å²) in [6.07, 6.45) is 10.5. The molecule has 2 heteroatoms. The van der Waals surface area contributed by atoms with Crippen molar-refractivity contribution in [1.82, 2.24) is 0 Å². The van der Waals surface area contributed by atoms with Gasteiger partial charge in [0.15, 0.2) is 0 Å². The topological polar surface area (TPSA) is 43.1 Å². The van der Waals surface area contributed by atoms with Crippen molar-refractivity contribution in [1.29, 1.82) is 0 Å². The first-order chi connectivity index (χ1) is 7.60. The molecule has 0 fully saturated rings. The quantitative estimate of drug-likeness (QED) is 0.457. The van der Waals surface area contributed by atoms with Crippen LogP contribution in [0.5, 0.6) is 0 Å². The number of aldehydes is 1. The molecule has 0 aliphatic carbocycles. The molecule has 0 rings (SSSR count). The van der Waals surface area contributed by atoms with Crippen molar-refractivity contribution in [3.05, 3.63) is 0 Å². The molecule has 0 aromatic carbocycles. The molecule has 2 nitrogen and oxygen atoms in total. The second-order valence-electron chi connectivity index (χ2n) is 5.23. The third-order valence-corrected chi connectivity index (χ3v) is 3.65. The normalized spacial score (nSPS) is 16.8. The zero-order chi connectivity index (χ0) is 12.4. The van der Waals surface area contributed by atoms with Crippen molar-refractivity contribution in [2.75, 3.05) is 0 Å². The third-order valence-electron chi connectivity index (χ3n) is 3.65. The van der Waals surface area contributed by atoms with E-state index in [1.165, 1.54) is 38.5 Å². The molecule has 0 bridgehead atoms. The first-order valence-corrected chi connectivity index (χ1v) is 6.81. The molecule has 16 heavy (non-hydrogen) atoms. The summed E-state index contributed by atoms with van der Waals surface area (Å²) in [7, 11) is 0. The van der Waals surface area contributed by atoms with E-state index in [1.807, 2.05) is 0 Å². The fraction of sp³-hybridized carbons (Fsp3) is 0.929. The number of hydrogen-bond acceptors (Lipinski definition) is 2. The van der Waals surface area contributed by atoms with Gasteiger partial charge in [0.1, 0.15) is 6.29 Å². The van der Waals surface area contributed by atoms with Gasteiger partial charge in [-0.3, -0.25) is 0 Å². The van der Waals surface area contributed by atoms with Crippen LogP contribution >= 0.6 is 0 Å². The molecule has 0 spiro atoms. The molecule has 2 unspecified atom stereocenters. The van der Waals surface area contributed by atoms with E-state index in [-0.39, 0.29) is 11.5 Å². The van der Waals surface area contributed by atoms with E-state index in [4.69, 9.17) is 5.73 Å². The van der Waals surface area contributed by atoms with Crippen LogP contribution in [0.2, 0.25) is 0 Å². The van der Waals surface area contributed by atoms with Crippen LogP contribution in [0.25, 0.3) is 0 Å². The molecule has 0 heterocycles. The maximum atomic E-state index is 10.9. The summed E-state index contributed by atoms with van der Waals surface area (Å²) in [6, 6.07) is -0.291. The highest BCUT2D eigenvalue weighted by Crippen LogP contribution is 2.33. The second kappa shape index (κ2) is 8.74. The van der Waals surface area contributed by atoms with E-state index < -0.39 is 0 Å². The molecule has 0 aliphatic heterocycles. The summed E-state index contributed by atoms with van der Waals surface area (Å²) in [5.41, 5.74) is 5.96. The summed E-state index contributed by atoms with van der Waals surface area (Å²) in [4.78, 5) is 10.9. The van der Waals surface area contributed by atoms with Crippen molar-refractivity contribution in [3.63, 3.8) is 0 Å². The van der Waals surface area contributed by atoms with Crippen molar-refractivity contribution in [2.24, 2.45) is 11.1 Å². The van der Waals surface area contributed by atoms with Gasteiger partial charge in [-0.15, -0.1) is 0 Å². The molecule has 0 aliphatic rings. The van der Waals surface area contributed by atoms with Crippen LogP contribution < -0.4 is 5.73 Å². The lowest BCUT2D eigenvalue weighted by Gasteiger charge is -2.32. The van der Waals surface area contributed by atoms with Gasteiger partial charge in [0, 0.05) is 0 Å². The van der Waals surface area contributed by atoms with E-state index in [2.05, 4.69) is 20.8 Å². The van der Waals surface area contributed by atoms with E-state index in [0.717, 1.165) is 19.1 Å². The zero-order valence-corrected chi connectivity index (χ0v) is 11.3. The Morgan fingerprint density at radius 1 is 1.06 bits per heavy atom. The Morgan fingerprint density at radius 2 is 1.62 bits per heavy atom. The van der Waals surface area contributed by atoms with Gasteiger partial charge >= 0.3 is 0 Å². The smallest absolute Gasteiger partial charge is 0.137 e. The zero-order valence-electron chi connectivity index (χ0n) is 11.3. The van der Waals surface area contributed by atoms with Crippen molar-refractivity contribution < 1.29 is 4.79 Å². The van der Waals surface area contributed by atoms with E-state index in [9.17, 15) is 4.79 Å². The number of carbonyl (C=O) groups is 1. The van der Waals surface area contributed by atoms with Crippen LogP contribution in [0.3, 0.4) is 0 Å². The Balaban J connectivity index is 4.12. The molecule has 2 atom stereocenters. The fourth-order valence-electron chi connectivity index (χ4n) is 2.16. The summed E-state index contributed by atoms with van der Waals surface area (Å²) in [5.74, 6) is 0. The number of nitrogens with two attached hydrogens (primary N) is 1. The fourth-order valence-corrected chi connectivity index (χ4v) is 2.16. The average molecular weight is 227 g/mol. The van der Waals surface area contributed by atoms with Gasteiger partial charge in [0.2, 0.25) is 0 Å². The van der Waals surface area contributed by atoms with Crippen LogP contribution in [-0.2, 0) is 4.79 Å². The molecule has 2 N–H and O–H groups in total. The Kier molecular flexibility index (Phi) is 8.54. The van der Waals surface area contributed by atoms with E-state index in [0.29, 0.717) is 0 Å². The molecule has 0 saturated heterocycles. The summed E-state index contributed by atoms with van der Waals surface area (Å²) >= 11 is 0. The number of rotatable bonds is 10. The summed E-state index contributed by atoms with van der Waals surface area (Å²) in [6.45, 7) is 6.57. The molecule has 0 radical (unpaired) electrons. The highest BCUT2D eigenvalue weighted by atomic mass is 16.1. The van der Waals surface area contributed by atoms with Gasteiger partial charge in [-0.05, 0) is 18.3 Å². The Hall–Kier alpha value is -0.370. The van der Waals surface area contributed by atoms with Crippen molar-refractivity contribution >= 4 is 6.29 Å². The lowest BCUT2D eigenvalue weighted by Crippen LogP contribution is -2.40. The van der Waals surface area contributed by atoms with Crippen molar-refractivity contribution in [3.8, 4) is 0 Å². The van der Waals surface area contributed by atoms with Gasteiger partial charge < -0.3 is 10.5 Å². The number of hydrogen-bond donors (Lipinski definition) is 1. The average Bonchev–Trinajstić information content (AvgIpc) is 2.31. The van der Waals surface area contributed by atoms with Crippen LogP contribution in [-0.4, -0.2) is 12.3 Å². The first-order valence-electron chi connectivity index (χ1n) is 6.81. The third kappa shape index (κ3) is 5.64. The van der Waals surface area contributed by atoms with Crippen molar-refractivity contribution in [2.45, 2.75) is 78.2 Å². The monoisotopic (exact) mass is 227 g/mol. The Morgan fingerprint density at radius 3 is 2.12 bits per heavy atom. The van der Waals surface area contributed by atoms with Gasteiger partial charge in [0.05, 0.1) is 6.04 Å². The minimum Gasteiger partial charge on any atom is -0.321 e. The molecule has 0 aromatic rings. The highest BCUT2D eigenvalue weighted by Gasteiger charge is 2.30. The number of carbonyl (C=O) groups excluding carboxylic acids is 1. The summed E-state index contributed by atoms with van der Waals surface area (Å²) in [5, 5.41) is 0. The van der Waals surface area contributed by atoms with Crippen LogP contribution in [0.4, 0.5) is 0 Å². The maximum Gasteiger partial charge on any atom is 0.137 e. The SMILES string of the molecule is CCCCCCC(C)(CCCC)C(N)C=O. The molecular formula is C14H29NO. The lowest BCUT2D eigenvalue weighted by atomic mass is 9.74. The Labute approximate surface area is 101 Å². The first kappa shape index (κ1) is 15.6. The highest BCUT2D eigenvalue weighted by molar-refractivity contribution is 5.58. The molecule has 0 saturated carbocycles. The maximum absolute atomic E-state index is 10.9. The van der Waals surface area contributed by atoms with Gasteiger partial charge in [-0.2, -0.15) is 0 Å². The second-order valence-corrected chi connectivity index (χ2v) is 5.23. The van der Waals surface area contributed by atoms with Crippen LogP contribution in [0, 0.1) is 5.41 Å². The molecule has 0 amide bonds. The molecule has 96 valence electrons. The van der Waals surface area contributed by atoms with Gasteiger partial charge in [-0.1, -0.05) is 59.3 Å². The van der Waals surface area contributed by atoms with Gasteiger partial charge in [-0.25, -0.2) is 0 Å². The molecular weight excluding hydrogens is 198 g/mol. The van der Waals surface area contributed by atoms with Crippen LogP contribution in [0.1, 0.15) is 72.1 Å². The standard InChI is InChI=1S/C14H29NO/c1-4-6-8-9-11-14(3,10-7-5-2)13(15)12-16/h12-13H,4-11,15H2,1-3H3. The van der Waals surface area contributed by atoms with E-state index in [1.54, 1.807) is 0 Å². The predicted molar refractivity (Wildman–Crippen MR) is 70.4 cm³/mol. The predicted octanol–water partition coefficient (Wildman–Crippen LogP) is 3.68. The minimum absolute atomic E-state index is 0.0193. The number of unbranched alkanes of at least 4 members (excludes halogenated alkanes) is 4. The minimum atomic E-state index is -0.291. The lowest BCUT2D eigenvalue weighted by molar-refractivity contribution is -0.111. The Bertz CT molecular complexity index is 182. The van der Waals surface area contributed by atoms with Crippen LogP contribution in [0.15, 0.2) is 0 Å². The largest absolute Gasteiger partial charge is 0.321 e. The molecule has 0 aromatic heterocycles. The van der Waals surface area contributed by atoms with Gasteiger partial charge in [0.25, 0.3) is 0 Å².